The van der Waals surface area contributed by atoms with Crippen LogP contribution in [0.5, 0.6) is 5.75 Å². The minimum absolute atomic E-state index is 0.0397. The van der Waals surface area contributed by atoms with Crippen molar-refractivity contribution in [3.05, 3.63) is 29.3 Å². The maximum atomic E-state index is 11.6. The summed E-state index contributed by atoms with van der Waals surface area (Å²) >= 11 is 0. The molecule has 6 nitrogen and oxygen atoms in total. The molecular formula is C26H38O6. The molecule has 32 heavy (non-hydrogen) atoms. The van der Waals surface area contributed by atoms with Gasteiger partial charge >= 0.3 is 11.9 Å². The van der Waals surface area contributed by atoms with Gasteiger partial charge in [-0.3, -0.25) is 4.79 Å². The van der Waals surface area contributed by atoms with Gasteiger partial charge in [-0.1, -0.05) is 38.8 Å². The monoisotopic (exact) mass is 446 g/mol. The van der Waals surface area contributed by atoms with Crippen LogP contribution in [-0.2, 0) is 27.2 Å². The lowest BCUT2D eigenvalue weighted by molar-refractivity contribution is -0.147. The van der Waals surface area contributed by atoms with E-state index in [0.717, 1.165) is 63.4 Å². The highest BCUT2D eigenvalue weighted by molar-refractivity contribution is 5.68. The lowest BCUT2D eigenvalue weighted by Crippen LogP contribution is -2.38. The third-order valence-electron chi connectivity index (χ3n) is 7.64. The molecule has 3 rings (SSSR count). The van der Waals surface area contributed by atoms with Crippen LogP contribution in [0.1, 0.15) is 76.8 Å². The van der Waals surface area contributed by atoms with Gasteiger partial charge in [-0.2, -0.15) is 0 Å². The van der Waals surface area contributed by atoms with E-state index in [1.54, 1.807) is 0 Å². The Bertz CT molecular complexity index is 806. The van der Waals surface area contributed by atoms with E-state index in [2.05, 4.69) is 19.9 Å². The van der Waals surface area contributed by atoms with E-state index in [9.17, 15) is 14.7 Å². The molecule has 0 aliphatic heterocycles. The second-order valence-electron chi connectivity index (χ2n) is 9.87. The lowest BCUT2D eigenvalue weighted by Gasteiger charge is -2.42. The second kappa shape index (κ2) is 10.7. The van der Waals surface area contributed by atoms with E-state index < -0.39 is 5.97 Å². The number of unbranched alkanes of at least 4 members (excludes halogenated alkanes) is 2. The number of hydrogen-bond donors (Lipinski definition) is 2. The molecule has 178 valence electrons. The van der Waals surface area contributed by atoms with E-state index >= 15 is 0 Å². The van der Waals surface area contributed by atoms with Gasteiger partial charge in [0.15, 0.2) is 6.61 Å². The van der Waals surface area contributed by atoms with E-state index in [4.69, 9.17) is 14.6 Å². The number of rotatable bonds is 11. The summed E-state index contributed by atoms with van der Waals surface area (Å²) in [4.78, 5) is 22.5. The Morgan fingerprint density at radius 1 is 1.25 bits per heavy atom. The van der Waals surface area contributed by atoms with Gasteiger partial charge in [-0.05, 0) is 79.4 Å². The normalized spacial score (nSPS) is 27.3. The number of fused-ring (bicyclic) bond motifs is 2. The molecule has 5 atom stereocenters. The zero-order chi connectivity index (χ0) is 23.3. The highest BCUT2D eigenvalue weighted by Crippen LogP contribution is 2.56. The zero-order valence-electron chi connectivity index (χ0n) is 19.6. The summed E-state index contributed by atoms with van der Waals surface area (Å²) in [5.41, 5.74) is 2.23. The van der Waals surface area contributed by atoms with Crippen molar-refractivity contribution in [1.82, 2.24) is 0 Å². The van der Waals surface area contributed by atoms with Gasteiger partial charge in [-0.15, -0.1) is 0 Å². The minimum Gasteiger partial charge on any atom is -0.482 e. The minimum atomic E-state index is -0.985. The fraction of sp³-hybridized carbons (Fsp3) is 0.692. The number of benzene rings is 1. The van der Waals surface area contributed by atoms with Crippen molar-refractivity contribution >= 4 is 11.9 Å². The molecular weight excluding hydrogens is 408 g/mol. The van der Waals surface area contributed by atoms with Gasteiger partial charge in [0.25, 0.3) is 0 Å². The Hall–Kier alpha value is -2.08. The quantitative estimate of drug-likeness (QED) is 0.383. The number of carbonyl (C=O) groups is 2. The summed E-state index contributed by atoms with van der Waals surface area (Å²) in [7, 11) is 0. The van der Waals surface area contributed by atoms with Crippen molar-refractivity contribution in [3.8, 4) is 5.75 Å². The molecule has 0 bridgehead atoms. The summed E-state index contributed by atoms with van der Waals surface area (Å²) in [5.74, 6) is -0.107. The predicted molar refractivity (Wildman–Crippen MR) is 122 cm³/mol. The standard InChI is InChI=1S/C26H38O6/c1-4-5-6-9-20(32-17(2)27)11-12-22-23(28)14-19-13-21-18(15-26(19,22)3)8-7-10-24(21)31-16-25(29)30/h7-8,10,19-20,22-23,28H,4-6,9,11-16H2,1-3H3,(H,29,30)/t19-,20-,22-,23+,26-/m0/s1. The van der Waals surface area contributed by atoms with Crippen LogP contribution in [0.25, 0.3) is 0 Å². The number of aliphatic hydroxyl groups is 1. The third kappa shape index (κ3) is 5.64. The number of carboxylic acids is 1. The fourth-order valence-electron chi connectivity index (χ4n) is 6.01. The Kier molecular flexibility index (Phi) is 8.21. The lowest BCUT2D eigenvalue weighted by atomic mass is 9.62. The molecule has 1 aromatic carbocycles. The number of carboxylic acid groups (broad SMARTS) is 1. The SMILES string of the molecule is CCCCC[C@@H](CC[C@H]1[C@H](O)C[C@@H]2Cc3c(cccc3OCC(=O)O)C[C@@]21C)OC(C)=O. The molecule has 0 unspecified atom stereocenters. The molecule has 1 aromatic rings. The summed E-state index contributed by atoms with van der Waals surface area (Å²) in [6, 6.07) is 5.86. The highest BCUT2D eigenvalue weighted by atomic mass is 16.5. The van der Waals surface area contributed by atoms with Gasteiger partial charge in [-0.25, -0.2) is 4.79 Å². The Morgan fingerprint density at radius 2 is 2.03 bits per heavy atom. The van der Waals surface area contributed by atoms with E-state index in [-0.39, 0.29) is 36.1 Å². The van der Waals surface area contributed by atoms with Crippen LogP contribution >= 0.6 is 0 Å². The maximum absolute atomic E-state index is 11.6. The van der Waals surface area contributed by atoms with Gasteiger partial charge in [0.1, 0.15) is 11.9 Å². The molecule has 0 saturated heterocycles. The molecule has 6 heteroatoms. The van der Waals surface area contributed by atoms with E-state index in [1.807, 2.05) is 12.1 Å². The molecule has 1 saturated carbocycles. The van der Waals surface area contributed by atoms with Crippen LogP contribution < -0.4 is 4.74 Å². The average Bonchev–Trinajstić information content (AvgIpc) is 2.96. The van der Waals surface area contributed by atoms with Crippen molar-refractivity contribution in [1.29, 1.82) is 0 Å². The Labute approximate surface area is 191 Å². The molecule has 0 aromatic heterocycles. The molecule has 0 spiro atoms. The van der Waals surface area contributed by atoms with Crippen LogP contribution in [0.4, 0.5) is 0 Å². The van der Waals surface area contributed by atoms with E-state index in [0.29, 0.717) is 11.7 Å². The highest BCUT2D eigenvalue weighted by Gasteiger charge is 2.53. The first-order valence-corrected chi connectivity index (χ1v) is 12.0. The predicted octanol–water partition coefficient (Wildman–Crippen LogP) is 4.54. The van der Waals surface area contributed by atoms with Crippen LogP contribution in [0.15, 0.2) is 18.2 Å². The zero-order valence-corrected chi connectivity index (χ0v) is 19.6. The third-order valence-corrected chi connectivity index (χ3v) is 7.64. The number of esters is 1. The Morgan fingerprint density at radius 3 is 2.72 bits per heavy atom. The summed E-state index contributed by atoms with van der Waals surface area (Å²) < 4.78 is 11.1. The molecule has 2 aliphatic carbocycles. The van der Waals surface area contributed by atoms with Gasteiger partial charge < -0.3 is 19.7 Å². The number of carbonyl (C=O) groups excluding carboxylic acids is 1. The van der Waals surface area contributed by atoms with Crippen molar-refractivity contribution in [3.63, 3.8) is 0 Å². The van der Waals surface area contributed by atoms with Crippen LogP contribution in [0, 0.1) is 17.3 Å². The van der Waals surface area contributed by atoms with Crippen molar-refractivity contribution in [2.75, 3.05) is 6.61 Å². The number of ether oxygens (including phenoxy) is 2. The fourth-order valence-corrected chi connectivity index (χ4v) is 6.01. The molecule has 0 amide bonds. The van der Waals surface area contributed by atoms with E-state index in [1.165, 1.54) is 12.5 Å². The van der Waals surface area contributed by atoms with Crippen molar-refractivity contribution < 1.29 is 29.3 Å². The van der Waals surface area contributed by atoms with Gasteiger partial charge in [0.2, 0.25) is 0 Å². The Balaban J connectivity index is 1.72. The largest absolute Gasteiger partial charge is 0.482 e. The molecule has 0 heterocycles. The maximum Gasteiger partial charge on any atom is 0.341 e. The first-order valence-electron chi connectivity index (χ1n) is 12.0. The number of aliphatic hydroxyl groups excluding tert-OH is 1. The van der Waals surface area contributed by atoms with Crippen LogP contribution in [0.2, 0.25) is 0 Å². The number of aliphatic carboxylic acids is 1. The first-order chi connectivity index (χ1) is 15.2. The molecule has 0 radical (unpaired) electrons. The van der Waals surface area contributed by atoms with Gasteiger partial charge in [0.05, 0.1) is 6.10 Å². The molecule has 2 aliphatic rings. The summed E-state index contributed by atoms with van der Waals surface area (Å²) in [5, 5.41) is 20.0. The molecule has 1 fully saturated rings. The second-order valence-corrected chi connectivity index (χ2v) is 9.87. The first kappa shape index (κ1) is 24.6. The molecule has 2 N–H and O–H groups in total. The summed E-state index contributed by atoms with van der Waals surface area (Å²) in [6.45, 7) is 5.57. The van der Waals surface area contributed by atoms with Crippen LogP contribution in [0.3, 0.4) is 0 Å². The van der Waals surface area contributed by atoms with Crippen molar-refractivity contribution in [2.45, 2.75) is 90.8 Å². The van der Waals surface area contributed by atoms with Crippen molar-refractivity contribution in [2.24, 2.45) is 17.3 Å². The topological polar surface area (TPSA) is 93.1 Å². The van der Waals surface area contributed by atoms with Crippen LogP contribution in [-0.4, -0.2) is 41.0 Å². The number of hydrogen-bond acceptors (Lipinski definition) is 5. The summed E-state index contributed by atoms with van der Waals surface area (Å²) in [6.07, 6.45) is 7.71. The average molecular weight is 447 g/mol. The van der Waals surface area contributed by atoms with Gasteiger partial charge in [0, 0.05) is 6.92 Å². The smallest absolute Gasteiger partial charge is 0.341 e.